The van der Waals surface area contributed by atoms with Gasteiger partial charge in [0.1, 0.15) is 11.3 Å². The molecule has 4 heteroatoms. The fraction of sp³-hybridized carbons (Fsp3) is 0.407. The highest BCUT2D eigenvalue weighted by Gasteiger charge is 2.28. The first kappa shape index (κ1) is 19.0. The van der Waals surface area contributed by atoms with Crippen LogP contribution in [-0.2, 0) is 0 Å². The van der Waals surface area contributed by atoms with Gasteiger partial charge < -0.3 is 9.88 Å². The van der Waals surface area contributed by atoms with Crippen LogP contribution in [0.4, 0.5) is 0 Å². The Hall–Kier alpha value is -2.72. The van der Waals surface area contributed by atoms with Crippen LogP contribution >= 0.6 is 0 Å². The van der Waals surface area contributed by atoms with Gasteiger partial charge in [-0.1, -0.05) is 55.7 Å². The lowest BCUT2D eigenvalue weighted by molar-refractivity contribution is 0.343. The highest BCUT2D eigenvalue weighted by molar-refractivity contribution is 5.94. The molecule has 4 aromatic rings. The number of fused-ring (bicyclic) bond motifs is 2. The second-order valence-corrected chi connectivity index (χ2v) is 9.25. The van der Waals surface area contributed by atoms with Gasteiger partial charge in [0, 0.05) is 23.7 Å². The van der Waals surface area contributed by atoms with E-state index in [-0.39, 0.29) is 0 Å². The zero-order valence-electron chi connectivity index (χ0n) is 18.1. The molecule has 1 aliphatic carbocycles. The molecule has 2 fully saturated rings. The van der Waals surface area contributed by atoms with Gasteiger partial charge in [0.05, 0.1) is 0 Å². The predicted octanol–water partition coefficient (Wildman–Crippen LogP) is 6.22. The van der Waals surface area contributed by atoms with E-state index in [4.69, 9.17) is 9.97 Å². The van der Waals surface area contributed by atoms with E-state index in [1.807, 2.05) is 6.20 Å². The summed E-state index contributed by atoms with van der Waals surface area (Å²) in [6, 6.07) is 18.0. The number of nitrogens with zero attached hydrogens (tertiary/aromatic N) is 3. The van der Waals surface area contributed by atoms with E-state index in [9.17, 15) is 0 Å². The normalized spacial score (nSPS) is 18.7. The van der Waals surface area contributed by atoms with Gasteiger partial charge in [0.15, 0.2) is 5.65 Å². The van der Waals surface area contributed by atoms with Crippen molar-refractivity contribution in [2.45, 2.75) is 56.9 Å². The molecule has 6 rings (SSSR count). The Morgan fingerprint density at radius 1 is 0.839 bits per heavy atom. The number of benzene rings is 2. The molecule has 4 nitrogen and oxygen atoms in total. The Labute approximate surface area is 183 Å². The molecule has 0 amide bonds. The molecule has 2 aliphatic rings. The molecule has 0 unspecified atom stereocenters. The van der Waals surface area contributed by atoms with Gasteiger partial charge in [-0.2, -0.15) is 0 Å². The summed E-state index contributed by atoms with van der Waals surface area (Å²) in [5.74, 6) is 1.87. The summed E-state index contributed by atoms with van der Waals surface area (Å²) in [4.78, 5) is 10.2. The maximum atomic E-state index is 5.35. The molecule has 158 valence electrons. The van der Waals surface area contributed by atoms with Crippen molar-refractivity contribution in [3.8, 4) is 11.1 Å². The zero-order valence-corrected chi connectivity index (χ0v) is 18.1. The van der Waals surface area contributed by atoms with Crippen LogP contribution < -0.4 is 5.32 Å². The van der Waals surface area contributed by atoms with E-state index in [1.54, 1.807) is 0 Å². The second-order valence-electron chi connectivity index (χ2n) is 9.25. The van der Waals surface area contributed by atoms with Crippen molar-refractivity contribution in [2.24, 2.45) is 0 Å². The monoisotopic (exact) mass is 410 g/mol. The van der Waals surface area contributed by atoms with Crippen LogP contribution in [0.25, 0.3) is 33.1 Å². The molecule has 31 heavy (non-hydrogen) atoms. The average molecular weight is 411 g/mol. The first-order valence-corrected chi connectivity index (χ1v) is 12.0. The van der Waals surface area contributed by atoms with Gasteiger partial charge in [-0.05, 0) is 67.2 Å². The van der Waals surface area contributed by atoms with Crippen LogP contribution in [0.5, 0.6) is 0 Å². The van der Waals surface area contributed by atoms with Crippen LogP contribution in [0.15, 0.2) is 54.7 Å². The lowest BCUT2D eigenvalue weighted by Gasteiger charge is -2.29. The minimum Gasteiger partial charge on any atom is -0.317 e. The minimum atomic E-state index is 0.502. The molecule has 1 N–H and O–H groups in total. The van der Waals surface area contributed by atoms with Gasteiger partial charge in [-0.3, -0.25) is 0 Å². The average Bonchev–Trinajstić information content (AvgIpc) is 3.25. The van der Waals surface area contributed by atoms with E-state index in [0.717, 1.165) is 37.1 Å². The summed E-state index contributed by atoms with van der Waals surface area (Å²) in [6.45, 7) is 2.16. The van der Waals surface area contributed by atoms with Crippen molar-refractivity contribution < 1.29 is 0 Å². The summed E-state index contributed by atoms with van der Waals surface area (Å²) in [5.41, 5.74) is 4.60. The molecule has 1 aliphatic heterocycles. The maximum absolute atomic E-state index is 5.35. The van der Waals surface area contributed by atoms with Crippen molar-refractivity contribution in [3.05, 3.63) is 60.6 Å². The fourth-order valence-electron chi connectivity index (χ4n) is 5.67. The predicted molar refractivity (Wildman–Crippen MR) is 127 cm³/mol. The quantitative estimate of drug-likeness (QED) is 0.436. The molecular weight excluding hydrogens is 380 g/mol. The van der Waals surface area contributed by atoms with E-state index < -0.39 is 0 Å². The summed E-state index contributed by atoms with van der Waals surface area (Å²) in [5, 5.41) is 6.07. The van der Waals surface area contributed by atoms with Crippen molar-refractivity contribution in [1.82, 2.24) is 19.9 Å². The van der Waals surface area contributed by atoms with Crippen molar-refractivity contribution in [3.63, 3.8) is 0 Å². The molecule has 0 bridgehead atoms. The first-order chi connectivity index (χ1) is 15.4. The number of imidazole rings is 1. The van der Waals surface area contributed by atoms with Gasteiger partial charge in [0.2, 0.25) is 0 Å². The number of nitrogens with one attached hydrogen (secondary N) is 1. The van der Waals surface area contributed by atoms with Crippen molar-refractivity contribution in [1.29, 1.82) is 0 Å². The van der Waals surface area contributed by atoms with Crippen LogP contribution in [0.1, 0.15) is 62.7 Å². The third-order valence-corrected chi connectivity index (χ3v) is 7.31. The number of aromatic nitrogens is 3. The Bertz CT molecular complexity index is 1210. The molecule has 1 saturated carbocycles. The molecule has 2 aromatic carbocycles. The molecule has 0 spiro atoms. The number of rotatable bonds is 3. The van der Waals surface area contributed by atoms with Gasteiger partial charge in [0.25, 0.3) is 0 Å². The number of pyridine rings is 1. The van der Waals surface area contributed by atoms with Crippen LogP contribution in [0.3, 0.4) is 0 Å². The number of hydrogen-bond acceptors (Lipinski definition) is 3. The lowest BCUT2D eigenvalue weighted by atomic mass is 9.88. The summed E-state index contributed by atoms with van der Waals surface area (Å²) in [6.07, 6.45) is 10.8. The molecular formula is C27H30N4. The third kappa shape index (κ3) is 3.43. The molecule has 1 saturated heterocycles. The van der Waals surface area contributed by atoms with E-state index in [2.05, 4.69) is 58.4 Å². The highest BCUT2D eigenvalue weighted by Crippen LogP contribution is 2.39. The van der Waals surface area contributed by atoms with Crippen LogP contribution in [0.2, 0.25) is 0 Å². The van der Waals surface area contributed by atoms with E-state index in [0.29, 0.717) is 12.0 Å². The fourth-order valence-corrected chi connectivity index (χ4v) is 5.67. The Morgan fingerprint density at radius 2 is 1.65 bits per heavy atom. The van der Waals surface area contributed by atoms with Crippen molar-refractivity contribution in [2.75, 3.05) is 13.1 Å². The highest BCUT2D eigenvalue weighted by atomic mass is 15.2. The molecule has 2 aromatic heterocycles. The van der Waals surface area contributed by atoms with Crippen molar-refractivity contribution >= 4 is 21.9 Å². The lowest BCUT2D eigenvalue weighted by Crippen LogP contribution is -2.30. The van der Waals surface area contributed by atoms with Crippen LogP contribution in [0, 0.1) is 0 Å². The van der Waals surface area contributed by atoms with E-state index >= 15 is 0 Å². The number of piperidine rings is 1. The summed E-state index contributed by atoms with van der Waals surface area (Å²) in [7, 11) is 0. The summed E-state index contributed by atoms with van der Waals surface area (Å²) >= 11 is 0. The maximum Gasteiger partial charge on any atom is 0.160 e. The van der Waals surface area contributed by atoms with Gasteiger partial charge >= 0.3 is 0 Å². The SMILES string of the molecule is c1ccc2cc(-c3ccnc4c3nc(C3CCCCC3)n4C3CCNCC3)ccc2c1. The Morgan fingerprint density at radius 3 is 2.48 bits per heavy atom. The Balaban J connectivity index is 1.53. The molecule has 0 atom stereocenters. The second kappa shape index (κ2) is 8.08. The standard InChI is InChI=1S/C27H30N4/c1-2-7-20(8-3-1)26-30-25-24(22-11-10-19-6-4-5-9-21(19)18-22)14-17-29-27(25)31(26)23-12-15-28-16-13-23/h4-6,9-11,14,17-18,20,23,28H,1-3,7-8,12-13,15-16H2. The smallest absolute Gasteiger partial charge is 0.160 e. The van der Waals surface area contributed by atoms with Crippen LogP contribution in [-0.4, -0.2) is 27.6 Å². The van der Waals surface area contributed by atoms with E-state index in [1.165, 1.54) is 59.8 Å². The van der Waals surface area contributed by atoms with Gasteiger partial charge in [-0.15, -0.1) is 0 Å². The Kier molecular flexibility index (Phi) is 4.95. The largest absolute Gasteiger partial charge is 0.317 e. The zero-order chi connectivity index (χ0) is 20.6. The molecule has 0 radical (unpaired) electrons. The first-order valence-electron chi connectivity index (χ1n) is 12.0. The molecule has 3 heterocycles. The minimum absolute atomic E-state index is 0.502. The topological polar surface area (TPSA) is 42.7 Å². The van der Waals surface area contributed by atoms with Gasteiger partial charge in [-0.25, -0.2) is 9.97 Å². The third-order valence-electron chi connectivity index (χ3n) is 7.31. The number of hydrogen-bond donors (Lipinski definition) is 1. The summed E-state index contributed by atoms with van der Waals surface area (Å²) < 4.78 is 2.54.